The zero-order chi connectivity index (χ0) is 11.5. The minimum atomic E-state index is -0.298. The number of ether oxygens (including phenoxy) is 1. The summed E-state index contributed by atoms with van der Waals surface area (Å²) in [6, 6.07) is 3.71. The predicted octanol–water partition coefficient (Wildman–Crippen LogP) is 1.15. The number of rotatable bonds is 2. The largest absolute Gasteiger partial charge is 0.490 e. The van der Waals surface area contributed by atoms with E-state index in [1.165, 1.54) is 13.4 Å². The van der Waals surface area contributed by atoms with Crippen LogP contribution in [0.15, 0.2) is 29.5 Å². The molecule has 0 amide bonds. The van der Waals surface area contributed by atoms with Gasteiger partial charge in [0.05, 0.1) is 13.4 Å². The summed E-state index contributed by atoms with van der Waals surface area (Å²) in [5.74, 6) is 0.202. The van der Waals surface area contributed by atoms with E-state index in [0.717, 1.165) is 11.3 Å². The van der Waals surface area contributed by atoms with Crippen LogP contribution in [0, 0.1) is 6.92 Å². The van der Waals surface area contributed by atoms with Gasteiger partial charge in [0.25, 0.3) is 5.56 Å². The second-order valence-electron chi connectivity index (χ2n) is 3.30. The summed E-state index contributed by atoms with van der Waals surface area (Å²) in [4.78, 5) is 22.2. The van der Waals surface area contributed by atoms with Crippen molar-refractivity contribution in [3.8, 4) is 17.0 Å². The SMILES string of the molecule is COc1c(-c2ccc(C)nc2)nc[nH]c1=O. The standard InChI is InChI=1S/C11H11N3O2/c1-7-3-4-8(5-12-7)9-10(16-2)11(15)14-6-13-9/h3-6H,1-2H3,(H,13,14,15). The molecule has 2 rings (SSSR count). The molecule has 0 unspecified atom stereocenters. The van der Waals surface area contributed by atoms with E-state index in [1.807, 2.05) is 19.1 Å². The minimum Gasteiger partial charge on any atom is -0.490 e. The molecule has 16 heavy (non-hydrogen) atoms. The first-order valence-electron chi connectivity index (χ1n) is 4.77. The van der Waals surface area contributed by atoms with E-state index in [0.29, 0.717) is 5.69 Å². The molecule has 0 atom stereocenters. The number of pyridine rings is 1. The van der Waals surface area contributed by atoms with Crippen LogP contribution in [0.2, 0.25) is 0 Å². The maximum Gasteiger partial charge on any atom is 0.293 e. The Hall–Kier alpha value is -2.17. The third-order valence-electron chi connectivity index (χ3n) is 2.20. The lowest BCUT2D eigenvalue weighted by atomic mass is 10.2. The third-order valence-corrected chi connectivity index (χ3v) is 2.20. The molecule has 1 N–H and O–H groups in total. The van der Waals surface area contributed by atoms with Crippen LogP contribution in [0.25, 0.3) is 11.3 Å². The molecule has 0 radical (unpaired) electrons. The van der Waals surface area contributed by atoms with Crippen molar-refractivity contribution in [3.63, 3.8) is 0 Å². The van der Waals surface area contributed by atoms with Crippen molar-refractivity contribution in [2.75, 3.05) is 7.11 Å². The van der Waals surface area contributed by atoms with Gasteiger partial charge in [-0.2, -0.15) is 0 Å². The summed E-state index contributed by atoms with van der Waals surface area (Å²) in [6.45, 7) is 1.90. The molecule has 5 nitrogen and oxygen atoms in total. The number of methoxy groups -OCH3 is 1. The molecule has 82 valence electrons. The van der Waals surface area contributed by atoms with E-state index in [9.17, 15) is 4.79 Å². The second kappa shape index (κ2) is 4.14. The highest BCUT2D eigenvalue weighted by molar-refractivity contribution is 5.64. The van der Waals surface area contributed by atoms with E-state index in [2.05, 4.69) is 15.0 Å². The molecule has 0 saturated carbocycles. The molecular formula is C11H11N3O2. The number of hydrogen-bond donors (Lipinski definition) is 1. The van der Waals surface area contributed by atoms with Crippen LogP contribution in [0.3, 0.4) is 0 Å². The van der Waals surface area contributed by atoms with Crippen molar-refractivity contribution < 1.29 is 4.74 Å². The third kappa shape index (κ3) is 1.79. The number of hydrogen-bond acceptors (Lipinski definition) is 4. The lowest BCUT2D eigenvalue weighted by molar-refractivity contribution is 0.408. The van der Waals surface area contributed by atoms with Gasteiger partial charge in [-0.25, -0.2) is 4.98 Å². The number of aryl methyl sites for hydroxylation is 1. The Kier molecular flexibility index (Phi) is 2.68. The molecule has 2 aromatic rings. The van der Waals surface area contributed by atoms with Crippen LogP contribution in [0.4, 0.5) is 0 Å². The van der Waals surface area contributed by atoms with Crippen LogP contribution >= 0.6 is 0 Å². The molecule has 0 spiro atoms. The summed E-state index contributed by atoms with van der Waals surface area (Å²) in [5.41, 5.74) is 1.87. The van der Waals surface area contributed by atoms with Gasteiger partial charge >= 0.3 is 0 Å². The molecule has 0 aliphatic heterocycles. The number of aromatic nitrogens is 3. The second-order valence-corrected chi connectivity index (χ2v) is 3.30. The summed E-state index contributed by atoms with van der Waals surface area (Å²) in [6.07, 6.45) is 3.01. The first kappa shape index (κ1) is 10.4. The van der Waals surface area contributed by atoms with Gasteiger partial charge in [0, 0.05) is 17.5 Å². The molecule has 0 saturated heterocycles. The van der Waals surface area contributed by atoms with Gasteiger partial charge in [0.15, 0.2) is 0 Å². The fourth-order valence-corrected chi connectivity index (χ4v) is 1.39. The van der Waals surface area contributed by atoms with E-state index >= 15 is 0 Å². The Morgan fingerprint density at radius 1 is 1.31 bits per heavy atom. The molecule has 2 aromatic heterocycles. The fourth-order valence-electron chi connectivity index (χ4n) is 1.39. The van der Waals surface area contributed by atoms with E-state index in [1.54, 1.807) is 6.20 Å². The molecule has 0 aliphatic rings. The minimum absolute atomic E-state index is 0.202. The van der Waals surface area contributed by atoms with Crippen molar-refractivity contribution in [2.45, 2.75) is 6.92 Å². The highest BCUT2D eigenvalue weighted by Crippen LogP contribution is 2.22. The van der Waals surface area contributed by atoms with Crippen LogP contribution in [0.5, 0.6) is 5.75 Å². The fraction of sp³-hybridized carbons (Fsp3) is 0.182. The number of nitrogens with zero attached hydrogens (tertiary/aromatic N) is 2. The first-order valence-corrected chi connectivity index (χ1v) is 4.77. The Morgan fingerprint density at radius 2 is 2.12 bits per heavy atom. The van der Waals surface area contributed by atoms with E-state index in [-0.39, 0.29) is 11.3 Å². The molecule has 5 heteroatoms. The molecular weight excluding hydrogens is 206 g/mol. The Morgan fingerprint density at radius 3 is 2.75 bits per heavy atom. The highest BCUT2D eigenvalue weighted by Gasteiger charge is 2.10. The van der Waals surface area contributed by atoms with E-state index in [4.69, 9.17) is 4.74 Å². The van der Waals surface area contributed by atoms with Gasteiger partial charge in [-0.15, -0.1) is 0 Å². The Balaban J connectivity index is 2.60. The maximum absolute atomic E-state index is 11.5. The lowest BCUT2D eigenvalue weighted by Gasteiger charge is -2.05. The van der Waals surface area contributed by atoms with Gasteiger partial charge in [-0.05, 0) is 19.1 Å². The zero-order valence-corrected chi connectivity index (χ0v) is 9.02. The molecule has 0 bridgehead atoms. The molecule has 0 aliphatic carbocycles. The monoisotopic (exact) mass is 217 g/mol. The average Bonchev–Trinajstić information content (AvgIpc) is 2.30. The average molecular weight is 217 g/mol. The summed E-state index contributed by atoms with van der Waals surface area (Å²) >= 11 is 0. The van der Waals surface area contributed by atoms with Crippen LogP contribution in [0.1, 0.15) is 5.69 Å². The first-order chi connectivity index (χ1) is 7.72. The smallest absolute Gasteiger partial charge is 0.293 e. The summed E-state index contributed by atoms with van der Waals surface area (Å²) < 4.78 is 5.03. The highest BCUT2D eigenvalue weighted by atomic mass is 16.5. The van der Waals surface area contributed by atoms with E-state index < -0.39 is 0 Å². The predicted molar refractivity (Wildman–Crippen MR) is 59.4 cm³/mol. The van der Waals surface area contributed by atoms with Crippen molar-refractivity contribution in [1.82, 2.24) is 15.0 Å². The van der Waals surface area contributed by atoms with Gasteiger partial charge in [0.2, 0.25) is 5.75 Å². The number of H-pyrrole nitrogens is 1. The maximum atomic E-state index is 11.5. The molecule has 2 heterocycles. The van der Waals surface area contributed by atoms with Crippen LogP contribution in [-0.4, -0.2) is 22.1 Å². The van der Waals surface area contributed by atoms with Gasteiger partial charge in [0.1, 0.15) is 5.69 Å². The number of aromatic amines is 1. The molecule has 0 fully saturated rings. The van der Waals surface area contributed by atoms with Crippen molar-refractivity contribution in [1.29, 1.82) is 0 Å². The van der Waals surface area contributed by atoms with Gasteiger partial charge < -0.3 is 9.72 Å². The van der Waals surface area contributed by atoms with Crippen molar-refractivity contribution in [2.24, 2.45) is 0 Å². The van der Waals surface area contributed by atoms with Crippen molar-refractivity contribution >= 4 is 0 Å². The topological polar surface area (TPSA) is 67.9 Å². The molecule has 0 aromatic carbocycles. The summed E-state index contributed by atoms with van der Waals surface area (Å²) in [5, 5.41) is 0. The Bertz CT molecular complexity index is 546. The zero-order valence-electron chi connectivity index (χ0n) is 9.02. The summed E-state index contributed by atoms with van der Waals surface area (Å²) in [7, 11) is 1.44. The number of nitrogens with one attached hydrogen (secondary N) is 1. The normalized spacial score (nSPS) is 10.1. The lowest BCUT2D eigenvalue weighted by Crippen LogP contribution is -2.11. The van der Waals surface area contributed by atoms with Crippen LogP contribution in [-0.2, 0) is 0 Å². The quantitative estimate of drug-likeness (QED) is 0.819. The van der Waals surface area contributed by atoms with Gasteiger partial charge in [-0.3, -0.25) is 9.78 Å². The van der Waals surface area contributed by atoms with Gasteiger partial charge in [-0.1, -0.05) is 0 Å². The van der Waals surface area contributed by atoms with Crippen LogP contribution < -0.4 is 10.3 Å². The Labute approximate surface area is 92.2 Å². The van der Waals surface area contributed by atoms with Crippen molar-refractivity contribution in [3.05, 3.63) is 40.7 Å².